The van der Waals surface area contributed by atoms with Gasteiger partial charge in [-0.25, -0.2) is 4.57 Å². The zero-order valence-corrected chi connectivity index (χ0v) is 36.0. The Hall–Kier alpha value is -1.96. The zero-order valence-electron chi connectivity index (χ0n) is 35.2. The third-order valence-electron chi connectivity index (χ3n) is 10.3. The highest BCUT2D eigenvalue weighted by atomic mass is 31.2. The number of carbonyl (C=O) groups excluding carboxylic acids is 3. The van der Waals surface area contributed by atoms with Gasteiger partial charge in [-0.1, -0.05) is 109 Å². The molecule has 0 amide bonds. The van der Waals surface area contributed by atoms with E-state index in [2.05, 4.69) is 26.0 Å². The van der Waals surface area contributed by atoms with Crippen molar-refractivity contribution in [1.82, 2.24) is 0 Å². The average Bonchev–Trinajstić information content (AvgIpc) is 3.44. The molecule has 0 aromatic rings. The highest BCUT2D eigenvalue weighted by Crippen LogP contribution is 2.43. The summed E-state index contributed by atoms with van der Waals surface area (Å²) in [6, 6.07) is 0. The Morgan fingerprint density at radius 3 is 2.00 bits per heavy atom. The van der Waals surface area contributed by atoms with Gasteiger partial charge in [-0.15, -0.1) is 0 Å². The SMILES string of the molecule is CCCCCC/C=C\CCCCCCCCCC(=O)O[C@H](COC(=O)CCCCC(=O)C[C@@H]1[C@@H](/C=C/[C@@H](O)CCCCC)[C@H](O)C[C@@H]1O)COP(=O)(O)OCCN. The number of phosphoric acid groups is 1. The van der Waals surface area contributed by atoms with Crippen molar-refractivity contribution < 1.29 is 57.7 Å². The number of rotatable bonds is 37. The van der Waals surface area contributed by atoms with Crippen molar-refractivity contribution in [3.05, 3.63) is 24.3 Å². The molecule has 0 aromatic heterocycles. The second-order valence-corrected chi connectivity index (χ2v) is 17.0. The maximum absolute atomic E-state index is 12.8. The van der Waals surface area contributed by atoms with Crippen LogP contribution in [0.2, 0.25) is 0 Å². The van der Waals surface area contributed by atoms with Crippen molar-refractivity contribution in [3.8, 4) is 0 Å². The average molecular weight is 832 g/mol. The molecule has 13 nitrogen and oxygen atoms in total. The standard InChI is InChI=1S/C43H78NO12P/c1-3-5-7-8-9-10-11-12-13-14-15-16-17-18-20-26-43(50)56-37(34-55-57(51,52)54-30-29-44)33-53-42(49)25-22-21-24-36(46)31-39-38(40(47)32-41(39)48)28-27-35(45)23-19-6-4-2/h10-11,27-28,35,37-41,45,47-48H,3-9,12-26,29-34,44H2,1-2H3,(H,51,52)/b11-10-,28-27+/t35-,37+,38+,39+,40+,41-/m0/s1. The number of unbranched alkanes of at least 4 members (excludes halogenated alkanes) is 14. The van der Waals surface area contributed by atoms with E-state index >= 15 is 0 Å². The van der Waals surface area contributed by atoms with E-state index in [1.807, 2.05) is 0 Å². The van der Waals surface area contributed by atoms with Gasteiger partial charge in [-0.2, -0.15) is 0 Å². The highest BCUT2D eigenvalue weighted by Gasteiger charge is 2.41. The van der Waals surface area contributed by atoms with Crippen LogP contribution in [0.15, 0.2) is 24.3 Å². The lowest BCUT2D eigenvalue weighted by atomic mass is 9.87. The lowest BCUT2D eigenvalue weighted by Crippen LogP contribution is -2.29. The first kappa shape index (κ1) is 53.1. The van der Waals surface area contributed by atoms with Crippen molar-refractivity contribution in [2.24, 2.45) is 17.6 Å². The van der Waals surface area contributed by atoms with Crippen molar-refractivity contribution in [3.63, 3.8) is 0 Å². The molecule has 0 heterocycles. The first-order valence-electron chi connectivity index (χ1n) is 22.0. The van der Waals surface area contributed by atoms with Crippen molar-refractivity contribution in [2.75, 3.05) is 26.4 Å². The fraction of sp³-hybridized carbons (Fsp3) is 0.837. The molecule has 57 heavy (non-hydrogen) atoms. The molecule has 0 radical (unpaired) electrons. The number of ether oxygens (including phenoxy) is 2. The van der Waals surface area contributed by atoms with Gasteiger partial charge in [0.05, 0.1) is 31.5 Å². The minimum Gasteiger partial charge on any atom is -0.462 e. The predicted octanol–water partition coefficient (Wildman–Crippen LogP) is 7.95. The number of allylic oxidation sites excluding steroid dienone is 2. The molecular weight excluding hydrogens is 753 g/mol. The molecule has 1 saturated carbocycles. The number of esters is 2. The van der Waals surface area contributed by atoms with E-state index in [-0.39, 0.29) is 51.0 Å². The largest absolute Gasteiger partial charge is 0.472 e. The summed E-state index contributed by atoms with van der Waals surface area (Å²) in [7, 11) is -4.47. The molecule has 0 aromatic carbocycles. The summed E-state index contributed by atoms with van der Waals surface area (Å²) in [6.45, 7) is 3.18. The molecule has 0 saturated heterocycles. The van der Waals surface area contributed by atoms with Crippen molar-refractivity contribution in [1.29, 1.82) is 0 Å². The molecule has 1 aliphatic carbocycles. The number of phosphoric ester groups is 1. The van der Waals surface area contributed by atoms with Gasteiger partial charge in [0.2, 0.25) is 0 Å². The molecule has 332 valence electrons. The summed E-state index contributed by atoms with van der Waals surface area (Å²) in [5.41, 5.74) is 5.33. The quantitative estimate of drug-likeness (QED) is 0.0174. The van der Waals surface area contributed by atoms with Gasteiger partial charge >= 0.3 is 19.8 Å². The molecule has 14 heteroatoms. The summed E-state index contributed by atoms with van der Waals surface area (Å²) >= 11 is 0. The van der Waals surface area contributed by atoms with Crippen LogP contribution in [0.25, 0.3) is 0 Å². The van der Waals surface area contributed by atoms with E-state index < -0.39 is 69.2 Å². The third-order valence-corrected chi connectivity index (χ3v) is 11.3. The van der Waals surface area contributed by atoms with Gasteiger partial charge < -0.3 is 35.4 Å². The zero-order chi connectivity index (χ0) is 42.2. The van der Waals surface area contributed by atoms with Crippen molar-refractivity contribution >= 4 is 25.5 Å². The van der Waals surface area contributed by atoms with E-state index in [4.69, 9.17) is 24.3 Å². The number of nitrogens with two attached hydrogens (primary N) is 1. The number of ketones is 1. The van der Waals surface area contributed by atoms with Crippen LogP contribution in [0.4, 0.5) is 0 Å². The van der Waals surface area contributed by atoms with Crippen LogP contribution in [-0.2, 0) is 37.5 Å². The topological polar surface area (TPSA) is 212 Å². The minimum atomic E-state index is -4.47. The van der Waals surface area contributed by atoms with E-state index in [9.17, 15) is 39.2 Å². The molecule has 1 aliphatic rings. The van der Waals surface area contributed by atoms with Crippen LogP contribution >= 0.6 is 7.82 Å². The third kappa shape index (κ3) is 28.2. The number of carbonyl (C=O) groups is 3. The lowest BCUT2D eigenvalue weighted by Gasteiger charge is -2.20. The second kappa shape index (κ2) is 33.8. The Bertz CT molecular complexity index is 1170. The first-order valence-corrected chi connectivity index (χ1v) is 23.5. The van der Waals surface area contributed by atoms with Crippen LogP contribution in [0.1, 0.15) is 168 Å². The molecular formula is C43H78NO12P. The lowest BCUT2D eigenvalue weighted by molar-refractivity contribution is -0.161. The summed E-state index contributed by atoms with van der Waals surface area (Å²) in [6.07, 6.45) is 24.1. The Balaban J connectivity index is 2.42. The Morgan fingerprint density at radius 2 is 1.33 bits per heavy atom. The maximum Gasteiger partial charge on any atom is 0.472 e. The first-order chi connectivity index (χ1) is 27.4. The van der Waals surface area contributed by atoms with E-state index in [0.717, 1.165) is 51.4 Å². The maximum atomic E-state index is 12.8. The van der Waals surface area contributed by atoms with Gasteiger partial charge in [0.15, 0.2) is 6.10 Å². The second-order valence-electron chi connectivity index (χ2n) is 15.5. The fourth-order valence-corrected chi connectivity index (χ4v) is 7.68. The monoisotopic (exact) mass is 832 g/mol. The van der Waals surface area contributed by atoms with Crippen LogP contribution in [0, 0.1) is 11.8 Å². The number of aliphatic hydroxyl groups is 3. The van der Waals surface area contributed by atoms with Crippen LogP contribution in [0.5, 0.6) is 0 Å². The molecule has 0 aliphatic heterocycles. The van der Waals surface area contributed by atoms with Crippen LogP contribution in [0.3, 0.4) is 0 Å². The molecule has 7 atom stereocenters. The van der Waals surface area contributed by atoms with Crippen LogP contribution in [-0.4, -0.2) is 88.7 Å². The molecule has 1 fully saturated rings. The normalized spacial score (nSPS) is 20.5. The van der Waals surface area contributed by atoms with Gasteiger partial charge in [-0.3, -0.25) is 23.4 Å². The van der Waals surface area contributed by atoms with Crippen molar-refractivity contribution in [2.45, 2.75) is 192 Å². The summed E-state index contributed by atoms with van der Waals surface area (Å²) in [5.74, 6) is -2.10. The van der Waals surface area contributed by atoms with Gasteiger partial charge in [0, 0.05) is 50.5 Å². The highest BCUT2D eigenvalue weighted by molar-refractivity contribution is 7.47. The Morgan fingerprint density at radius 1 is 0.754 bits per heavy atom. The fourth-order valence-electron chi connectivity index (χ4n) is 6.92. The molecule has 0 spiro atoms. The Labute approximate surface area is 343 Å². The number of hydrogen-bond acceptors (Lipinski definition) is 12. The predicted molar refractivity (Wildman–Crippen MR) is 222 cm³/mol. The van der Waals surface area contributed by atoms with Gasteiger partial charge in [0.25, 0.3) is 0 Å². The van der Waals surface area contributed by atoms with E-state index in [1.165, 1.54) is 44.9 Å². The van der Waals surface area contributed by atoms with E-state index in [0.29, 0.717) is 25.7 Å². The molecule has 1 rings (SSSR count). The van der Waals surface area contributed by atoms with Gasteiger partial charge in [-0.05, 0) is 51.4 Å². The van der Waals surface area contributed by atoms with Gasteiger partial charge in [0.1, 0.15) is 12.4 Å². The molecule has 0 bridgehead atoms. The molecule has 6 N–H and O–H groups in total. The smallest absolute Gasteiger partial charge is 0.462 e. The number of hydrogen-bond donors (Lipinski definition) is 5. The number of Topliss-reactive ketones (excluding diaryl/α,β-unsaturated/α-hetero) is 1. The van der Waals surface area contributed by atoms with E-state index in [1.54, 1.807) is 12.2 Å². The summed E-state index contributed by atoms with van der Waals surface area (Å²) < 4.78 is 32.6. The minimum absolute atomic E-state index is 0.0000805. The Kier molecular flexibility index (Phi) is 31.5. The molecule has 1 unspecified atom stereocenters. The summed E-state index contributed by atoms with van der Waals surface area (Å²) in [4.78, 5) is 47.9. The van der Waals surface area contributed by atoms with Crippen LogP contribution < -0.4 is 5.73 Å². The number of aliphatic hydroxyl groups excluding tert-OH is 3. The summed E-state index contributed by atoms with van der Waals surface area (Å²) in [5, 5.41) is 31.3.